The van der Waals surface area contributed by atoms with Gasteiger partial charge in [0, 0.05) is 4.99 Å². The predicted octanol–water partition coefficient (Wildman–Crippen LogP) is 3.09. The van der Waals surface area contributed by atoms with Crippen molar-refractivity contribution in [2.24, 2.45) is 0 Å². The molecule has 1 aromatic carbocycles. The van der Waals surface area contributed by atoms with E-state index in [1.807, 2.05) is 30.3 Å². The Hall–Kier alpha value is -0.800. The SMILES string of the molecule is CO/C(=C\Br)COCc1ccccc1. The van der Waals surface area contributed by atoms with Gasteiger partial charge >= 0.3 is 0 Å². The Balaban J connectivity index is 2.29. The van der Waals surface area contributed by atoms with E-state index in [0.717, 1.165) is 11.3 Å². The first-order chi connectivity index (χ1) is 6.86. The van der Waals surface area contributed by atoms with Crippen molar-refractivity contribution in [2.45, 2.75) is 6.61 Å². The van der Waals surface area contributed by atoms with Crippen LogP contribution in [0.4, 0.5) is 0 Å². The summed E-state index contributed by atoms with van der Waals surface area (Å²) >= 11 is 3.20. The summed E-state index contributed by atoms with van der Waals surface area (Å²) in [5.74, 6) is 0.779. The zero-order valence-corrected chi connectivity index (χ0v) is 9.66. The molecule has 0 bridgehead atoms. The molecule has 0 aliphatic carbocycles. The van der Waals surface area contributed by atoms with Crippen molar-refractivity contribution < 1.29 is 9.47 Å². The van der Waals surface area contributed by atoms with Gasteiger partial charge in [0.2, 0.25) is 0 Å². The summed E-state index contributed by atoms with van der Waals surface area (Å²) in [7, 11) is 1.62. The van der Waals surface area contributed by atoms with Crippen LogP contribution in [0, 0.1) is 0 Å². The highest BCUT2D eigenvalue weighted by Gasteiger charge is 1.96. The second kappa shape index (κ2) is 6.62. The minimum atomic E-state index is 0.483. The highest BCUT2D eigenvalue weighted by molar-refractivity contribution is 9.11. The fourth-order valence-electron chi connectivity index (χ4n) is 0.979. The zero-order valence-electron chi connectivity index (χ0n) is 8.07. The Morgan fingerprint density at radius 1 is 1.36 bits per heavy atom. The van der Waals surface area contributed by atoms with Gasteiger partial charge in [-0.25, -0.2) is 0 Å². The second-order valence-corrected chi connectivity index (χ2v) is 3.22. The van der Waals surface area contributed by atoms with E-state index < -0.39 is 0 Å². The maximum Gasteiger partial charge on any atom is 0.128 e. The maximum absolute atomic E-state index is 5.44. The summed E-state index contributed by atoms with van der Waals surface area (Å²) in [6, 6.07) is 10.0. The quantitative estimate of drug-likeness (QED) is 0.754. The topological polar surface area (TPSA) is 18.5 Å². The lowest BCUT2D eigenvalue weighted by Crippen LogP contribution is -1.99. The first-order valence-corrected chi connectivity index (χ1v) is 5.23. The summed E-state index contributed by atoms with van der Waals surface area (Å²) in [6.07, 6.45) is 0. The Morgan fingerprint density at radius 3 is 2.64 bits per heavy atom. The fraction of sp³-hybridized carbons (Fsp3) is 0.273. The van der Waals surface area contributed by atoms with Crippen molar-refractivity contribution in [3.8, 4) is 0 Å². The van der Waals surface area contributed by atoms with E-state index in [1.54, 1.807) is 12.1 Å². The standard InChI is InChI=1S/C11H13BrO2/c1-13-11(7-12)9-14-8-10-5-3-2-4-6-10/h2-7H,8-9H2,1H3/b11-7-. The van der Waals surface area contributed by atoms with E-state index in [0.29, 0.717) is 13.2 Å². The van der Waals surface area contributed by atoms with Crippen molar-refractivity contribution in [3.63, 3.8) is 0 Å². The van der Waals surface area contributed by atoms with E-state index in [4.69, 9.17) is 9.47 Å². The van der Waals surface area contributed by atoms with Crippen LogP contribution < -0.4 is 0 Å². The summed E-state index contributed by atoms with van der Waals surface area (Å²) in [5, 5.41) is 0. The van der Waals surface area contributed by atoms with Gasteiger partial charge < -0.3 is 9.47 Å². The van der Waals surface area contributed by atoms with Crippen LogP contribution >= 0.6 is 15.9 Å². The van der Waals surface area contributed by atoms with Gasteiger partial charge in [0.1, 0.15) is 12.4 Å². The van der Waals surface area contributed by atoms with Crippen molar-refractivity contribution in [3.05, 3.63) is 46.6 Å². The van der Waals surface area contributed by atoms with Gasteiger partial charge in [0.15, 0.2) is 0 Å². The average molecular weight is 257 g/mol. The first kappa shape index (κ1) is 11.3. The number of methoxy groups -OCH3 is 1. The lowest BCUT2D eigenvalue weighted by atomic mass is 10.2. The Bertz CT molecular complexity index is 283. The highest BCUT2D eigenvalue weighted by Crippen LogP contribution is 2.04. The third-order valence-corrected chi connectivity index (χ3v) is 2.25. The molecule has 0 saturated carbocycles. The molecule has 0 aliphatic heterocycles. The summed E-state index contributed by atoms with van der Waals surface area (Å²) < 4.78 is 10.5. The molecule has 0 aliphatic rings. The minimum Gasteiger partial charge on any atom is -0.498 e. The number of hydrogen-bond acceptors (Lipinski definition) is 2. The van der Waals surface area contributed by atoms with E-state index in [2.05, 4.69) is 15.9 Å². The van der Waals surface area contributed by atoms with E-state index in [9.17, 15) is 0 Å². The molecule has 0 heterocycles. The molecule has 76 valence electrons. The molecule has 1 rings (SSSR count). The normalized spacial score (nSPS) is 11.4. The Kier molecular flexibility index (Phi) is 5.33. The molecule has 0 atom stereocenters. The monoisotopic (exact) mass is 256 g/mol. The largest absolute Gasteiger partial charge is 0.498 e. The molecule has 0 fully saturated rings. The van der Waals surface area contributed by atoms with Crippen LogP contribution in [-0.4, -0.2) is 13.7 Å². The molecular weight excluding hydrogens is 244 g/mol. The summed E-state index contributed by atoms with van der Waals surface area (Å²) in [5.41, 5.74) is 1.16. The van der Waals surface area contributed by atoms with E-state index in [1.165, 1.54) is 0 Å². The van der Waals surface area contributed by atoms with Crippen molar-refractivity contribution >= 4 is 15.9 Å². The van der Waals surface area contributed by atoms with Crippen molar-refractivity contribution in [2.75, 3.05) is 13.7 Å². The number of benzene rings is 1. The van der Waals surface area contributed by atoms with Crippen LogP contribution in [-0.2, 0) is 16.1 Å². The van der Waals surface area contributed by atoms with Gasteiger partial charge in [-0.05, 0) is 5.56 Å². The molecule has 0 spiro atoms. The van der Waals surface area contributed by atoms with Gasteiger partial charge in [-0.1, -0.05) is 46.3 Å². The fourth-order valence-corrected chi connectivity index (χ4v) is 1.30. The van der Waals surface area contributed by atoms with Gasteiger partial charge in [0.25, 0.3) is 0 Å². The van der Waals surface area contributed by atoms with Crippen LogP contribution in [0.5, 0.6) is 0 Å². The van der Waals surface area contributed by atoms with Crippen LogP contribution in [0.25, 0.3) is 0 Å². The van der Waals surface area contributed by atoms with Crippen LogP contribution in [0.3, 0.4) is 0 Å². The molecule has 14 heavy (non-hydrogen) atoms. The van der Waals surface area contributed by atoms with Crippen molar-refractivity contribution in [1.82, 2.24) is 0 Å². The second-order valence-electron chi connectivity index (χ2n) is 2.76. The average Bonchev–Trinajstić information content (AvgIpc) is 2.26. The molecule has 3 heteroatoms. The molecule has 0 unspecified atom stereocenters. The first-order valence-electron chi connectivity index (χ1n) is 4.31. The van der Waals surface area contributed by atoms with E-state index >= 15 is 0 Å². The Labute approximate surface area is 92.7 Å². The molecular formula is C11H13BrO2. The predicted molar refractivity (Wildman–Crippen MR) is 60.1 cm³/mol. The van der Waals surface area contributed by atoms with Crippen molar-refractivity contribution in [1.29, 1.82) is 0 Å². The maximum atomic E-state index is 5.44. The number of rotatable bonds is 5. The third-order valence-electron chi connectivity index (χ3n) is 1.74. The lowest BCUT2D eigenvalue weighted by molar-refractivity contribution is 0.104. The zero-order chi connectivity index (χ0) is 10.2. The molecule has 0 N–H and O–H groups in total. The lowest BCUT2D eigenvalue weighted by Gasteiger charge is -2.06. The molecule has 2 nitrogen and oxygen atoms in total. The summed E-state index contributed by atoms with van der Waals surface area (Å²) in [6.45, 7) is 1.09. The van der Waals surface area contributed by atoms with Gasteiger partial charge in [0.05, 0.1) is 13.7 Å². The van der Waals surface area contributed by atoms with Gasteiger partial charge in [-0.2, -0.15) is 0 Å². The third kappa shape index (κ3) is 3.94. The van der Waals surface area contributed by atoms with Crippen LogP contribution in [0.1, 0.15) is 5.56 Å². The Morgan fingerprint density at radius 2 is 2.07 bits per heavy atom. The molecule has 1 aromatic rings. The van der Waals surface area contributed by atoms with Crippen LogP contribution in [0.2, 0.25) is 0 Å². The number of halogens is 1. The molecule has 0 radical (unpaired) electrons. The number of hydrogen-bond donors (Lipinski definition) is 0. The molecule has 0 saturated heterocycles. The summed E-state index contributed by atoms with van der Waals surface area (Å²) in [4.78, 5) is 1.72. The molecule has 0 amide bonds. The number of ether oxygens (including phenoxy) is 2. The smallest absolute Gasteiger partial charge is 0.128 e. The van der Waals surface area contributed by atoms with Gasteiger partial charge in [-0.15, -0.1) is 0 Å². The minimum absolute atomic E-state index is 0.483. The van der Waals surface area contributed by atoms with Crippen LogP contribution in [0.15, 0.2) is 41.1 Å². The van der Waals surface area contributed by atoms with E-state index in [-0.39, 0.29) is 0 Å². The van der Waals surface area contributed by atoms with Gasteiger partial charge in [-0.3, -0.25) is 0 Å². The molecule has 0 aromatic heterocycles. The highest BCUT2D eigenvalue weighted by atomic mass is 79.9.